The number of carbonyl (C=O) groups is 1. The Morgan fingerprint density at radius 3 is 2.81 bits per heavy atom. The van der Waals surface area contributed by atoms with Gasteiger partial charge in [-0.3, -0.25) is 10.6 Å². The average Bonchev–Trinajstić information content (AvgIpc) is 3.01. The second-order valence-electron chi connectivity index (χ2n) is 5.51. The molecule has 1 aromatic carbocycles. The van der Waals surface area contributed by atoms with Gasteiger partial charge >= 0.3 is 0 Å². The number of halogens is 1. The van der Waals surface area contributed by atoms with Crippen molar-refractivity contribution in [2.24, 2.45) is 5.84 Å². The third-order valence-electron chi connectivity index (χ3n) is 4.08. The molecule has 0 spiro atoms. The van der Waals surface area contributed by atoms with Gasteiger partial charge in [0.2, 0.25) is 0 Å². The van der Waals surface area contributed by atoms with Gasteiger partial charge in [-0.1, -0.05) is 24.4 Å². The van der Waals surface area contributed by atoms with Crippen molar-refractivity contribution in [3.05, 3.63) is 28.8 Å². The number of amides is 1. The smallest absolute Gasteiger partial charge is 0.253 e. The van der Waals surface area contributed by atoms with Crippen LogP contribution in [-0.2, 0) is 0 Å². The molecule has 0 heterocycles. The van der Waals surface area contributed by atoms with E-state index in [0.29, 0.717) is 28.9 Å². The van der Waals surface area contributed by atoms with Crippen LogP contribution in [0.1, 0.15) is 36.0 Å². The fourth-order valence-electron chi connectivity index (χ4n) is 2.80. The van der Waals surface area contributed by atoms with Crippen LogP contribution in [0.3, 0.4) is 0 Å². The third kappa shape index (κ3) is 4.33. The molecule has 1 aromatic rings. The van der Waals surface area contributed by atoms with Crippen LogP contribution < -0.4 is 16.6 Å². The second kappa shape index (κ2) is 7.64. The van der Waals surface area contributed by atoms with Gasteiger partial charge in [-0.15, -0.1) is 0 Å². The molecule has 0 radical (unpaired) electrons. The van der Waals surface area contributed by atoms with E-state index in [4.69, 9.17) is 17.4 Å². The van der Waals surface area contributed by atoms with Gasteiger partial charge in [0, 0.05) is 24.2 Å². The van der Waals surface area contributed by atoms with Crippen LogP contribution in [0.2, 0.25) is 5.02 Å². The predicted octanol–water partition coefficient (Wildman–Crippen LogP) is 2.23. The maximum absolute atomic E-state index is 12.2. The van der Waals surface area contributed by atoms with E-state index in [2.05, 4.69) is 22.7 Å². The number of nitrogens with zero attached hydrogens (tertiary/aromatic N) is 1. The van der Waals surface area contributed by atoms with Crippen molar-refractivity contribution < 1.29 is 4.79 Å². The van der Waals surface area contributed by atoms with Crippen molar-refractivity contribution in [2.45, 2.75) is 31.7 Å². The molecule has 1 aliphatic rings. The molecule has 0 bridgehead atoms. The zero-order valence-electron chi connectivity index (χ0n) is 12.4. The zero-order valence-corrected chi connectivity index (χ0v) is 13.1. The highest BCUT2D eigenvalue weighted by molar-refractivity contribution is 6.31. The molecule has 1 amide bonds. The summed E-state index contributed by atoms with van der Waals surface area (Å²) in [5, 5.41) is 3.44. The Hall–Kier alpha value is -1.30. The van der Waals surface area contributed by atoms with Crippen LogP contribution in [-0.4, -0.2) is 37.0 Å². The number of carbonyl (C=O) groups excluding carboxylic acids is 1. The van der Waals surface area contributed by atoms with Gasteiger partial charge in [0.05, 0.1) is 11.3 Å². The number of nitrogen functional groups attached to an aromatic ring is 1. The maximum Gasteiger partial charge on any atom is 0.253 e. The first-order valence-corrected chi connectivity index (χ1v) is 7.74. The number of hydrogen-bond donors (Lipinski definition) is 3. The Labute approximate surface area is 130 Å². The number of anilines is 1. The van der Waals surface area contributed by atoms with Crippen molar-refractivity contribution in [2.75, 3.05) is 25.6 Å². The zero-order chi connectivity index (χ0) is 15.2. The van der Waals surface area contributed by atoms with Gasteiger partial charge in [-0.05, 0) is 38.1 Å². The topological polar surface area (TPSA) is 70.4 Å². The van der Waals surface area contributed by atoms with E-state index in [1.807, 2.05) is 0 Å². The molecule has 0 aromatic heterocycles. The van der Waals surface area contributed by atoms with Crippen LogP contribution >= 0.6 is 11.6 Å². The number of likely N-dealkylation sites (N-methyl/N-ethyl adjacent to an activating group) is 1. The van der Waals surface area contributed by atoms with Crippen molar-refractivity contribution in [3.63, 3.8) is 0 Å². The standard InChI is InChI=1S/C15H23ClN4O/c1-20(12-4-2-3-5-12)9-8-18-15(21)13-10-11(16)6-7-14(13)19-17/h6-7,10,12,19H,2-5,8-9,17H2,1H3,(H,18,21). The van der Waals surface area contributed by atoms with Gasteiger partial charge < -0.3 is 15.6 Å². The van der Waals surface area contributed by atoms with E-state index in [-0.39, 0.29) is 5.91 Å². The van der Waals surface area contributed by atoms with Crippen molar-refractivity contribution in [3.8, 4) is 0 Å². The Kier molecular flexibility index (Phi) is 5.85. The molecule has 2 rings (SSSR count). The van der Waals surface area contributed by atoms with E-state index in [1.54, 1.807) is 18.2 Å². The molecule has 6 heteroatoms. The van der Waals surface area contributed by atoms with Crippen LogP contribution in [0, 0.1) is 0 Å². The summed E-state index contributed by atoms with van der Waals surface area (Å²) >= 11 is 5.93. The second-order valence-corrected chi connectivity index (χ2v) is 5.95. The van der Waals surface area contributed by atoms with Crippen LogP contribution in [0.4, 0.5) is 5.69 Å². The van der Waals surface area contributed by atoms with Crippen molar-refractivity contribution >= 4 is 23.2 Å². The highest BCUT2D eigenvalue weighted by Crippen LogP contribution is 2.22. The van der Waals surface area contributed by atoms with E-state index < -0.39 is 0 Å². The highest BCUT2D eigenvalue weighted by Gasteiger charge is 2.19. The molecule has 0 aliphatic heterocycles. The molecular formula is C15H23ClN4O. The number of hydrogen-bond acceptors (Lipinski definition) is 4. The van der Waals surface area contributed by atoms with Crippen LogP contribution in [0.15, 0.2) is 18.2 Å². The lowest BCUT2D eigenvalue weighted by molar-refractivity contribution is 0.0948. The average molecular weight is 311 g/mol. The van der Waals surface area contributed by atoms with E-state index in [0.717, 1.165) is 6.54 Å². The Morgan fingerprint density at radius 1 is 1.43 bits per heavy atom. The first-order valence-electron chi connectivity index (χ1n) is 7.36. The minimum atomic E-state index is -0.162. The molecule has 4 N–H and O–H groups in total. The van der Waals surface area contributed by atoms with Crippen LogP contribution in [0.25, 0.3) is 0 Å². The summed E-state index contributed by atoms with van der Waals surface area (Å²) < 4.78 is 0. The van der Waals surface area contributed by atoms with E-state index in [9.17, 15) is 4.79 Å². The van der Waals surface area contributed by atoms with Gasteiger partial charge in [-0.2, -0.15) is 0 Å². The third-order valence-corrected chi connectivity index (χ3v) is 4.31. The summed E-state index contributed by atoms with van der Waals surface area (Å²) in [6.07, 6.45) is 5.16. The summed E-state index contributed by atoms with van der Waals surface area (Å²) in [6, 6.07) is 5.67. The van der Waals surface area contributed by atoms with E-state index in [1.165, 1.54) is 25.7 Å². The monoisotopic (exact) mass is 310 g/mol. The number of rotatable bonds is 6. The fourth-order valence-corrected chi connectivity index (χ4v) is 2.97. The number of benzene rings is 1. The molecule has 21 heavy (non-hydrogen) atoms. The molecule has 1 saturated carbocycles. The first-order chi connectivity index (χ1) is 10.1. The minimum absolute atomic E-state index is 0.162. The molecular weight excluding hydrogens is 288 g/mol. The van der Waals surface area contributed by atoms with Gasteiger partial charge in [0.15, 0.2) is 0 Å². The lowest BCUT2D eigenvalue weighted by Crippen LogP contribution is -2.37. The lowest BCUT2D eigenvalue weighted by Gasteiger charge is -2.24. The Bertz CT molecular complexity index is 489. The SMILES string of the molecule is CN(CCNC(=O)c1cc(Cl)ccc1NN)C1CCCC1. The number of nitrogens with two attached hydrogens (primary N) is 1. The highest BCUT2D eigenvalue weighted by atomic mass is 35.5. The van der Waals surface area contributed by atoms with Gasteiger partial charge in [-0.25, -0.2) is 0 Å². The fraction of sp³-hybridized carbons (Fsp3) is 0.533. The Morgan fingerprint density at radius 2 is 2.14 bits per heavy atom. The minimum Gasteiger partial charge on any atom is -0.351 e. The summed E-state index contributed by atoms with van der Waals surface area (Å²) in [5.74, 6) is 5.26. The molecule has 5 nitrogen and oxygen atoms in total. The molecule has 0 unspecified atom stereocenters. The molecule has 0 atom stereocenters. The lowest BCUT2D eigenvalue weighted by atomic mass is 10.1. The normalized spacial score (nSPS) is 15.4. The van der Waals surface area contributed by atoms with Crippen molar-refractivity contribution in [1.82, 2.24) is 10.2 Å². The number of hydrazine groups is 1. The quantitative estimate of drug-likeness (QED) is 0.556. The first kappa shape index (κ1) is 16.1. The number of nitrogens with one attached hydrogen (secondary N) is 2. The Balaban J connectivity index is 1.85. The molecule has 116 valence electrons. The van der Waals surface area contributed by atoms with Gasteiger partial charge in [0.1, 0.15) is 0 Å². The summed E-state index contributed by atoms with van der Waals surface area (Å²) in [7, 11) is 2.12. The van der Waals surface area contributed by atoms with E-state index >= 15 is 0 Å². The molecule has 1 aliphatic carbocycles. The van der Waals surface area contributed by atoms with Gasteiger partial charge in [0.25, 0.3) is 5.91 Å². The van der Waals surface area contributed by atoms with Crippen LogP contribution in [0.5, 0.6) is 0 Å². The summed E-state index contributed by atoms with van der Waals surface area (Å²) in [4.78, 5) is 14.5. The summed E-state index contributed by atoms with van der Waals surface area (Å²) in [6.45, 7) is 1.46. The maximum atomic E-state index is 12.2. The van der Waals surface area contributed by atoms with Crippen molar-refractivity contribution in [1.29, 1.82) is 0 Å². The molecule has 1 fully saturated rings. The predicted molar refractivity (Wildman–Crippen MR) is 86.5 cm³/mol. The largest absolute Gasteiger partial charge is 0.351 e. The molecule has 0 saturated heterocycles. The summed E-state index contributed by atoms with van der Waals surface area (Å²) in [5.41, 5.74) is 3.55.